The summed E-state index contributed by atoms with van der Waals surface area (Å²) in [7, 11) is 0. The van der Waals surface area contributed by atoms with E-state index in [-0.39, 0.29) is 0 Å². The zero-order valence-corrected chi connectivity index (χ0v) is 11.5. The molecule has 0 aliphatic heterocycles. The van der Waals surface area contributed by atoms with E-state index in [1.807, 2.05) is 0 Å². The molecular weight excluding hydrogens is 246 g/mol. The lowest BCUT2D eigenvalue weighted by atomic mass is 9.90. The molecule has 0 bridgehead atoms. The Bertz CT molecular complexity index is 372. The lowest BCUT2D eigenvalue weighted by Crippen LogP contribution is -2.15. The predicted molar refractivity (Wildman–Crippen MR) is 71.8 cm³/mol. The Morgan fingerprint density at radius 2 is 1.94 bits per heavy atom. The summed E-state index contributed by atoms with van der Waals surface area (Å²) in [6.07, 6.45) is 9.37. The summed E-state index contributed by atoms with van der Waals surface area (Å²) in [5, 5.41) is 13.5. The van der Waals surface area contributed by atoms with Crippen molar-refractivity contribution in [3.8, 4) is 5.19 Å². The van der Waals surface area contributed by atoms with E-state index in [2.05, 4.69) is 15.5 Å². The van der Waals surface area contributed by atoms with Gasteiger partial charge in [-0.2, -0.15) is 0 Å². The van der Waals surface area contributed by atoms with Gasteiger partial charge >= 0.3 is 0 Å². The molecule has 0 spiro atoms. The summed E-state index contributed by atoms with van der Waals surface area (Å²) in [5.74, 6) is 0.732. The third-order valence-corrected chi connectivity index (χ3v) is 4.57. The van der Waals surface area contributed by atoms with Gasteiger partial charge in [0.1, 0.15) is 5.01 Å². The Morgan fingerprint density at radius 3 is 2.72 bits per heavy atom. The van der Waals surface area contributed by atoms with Gasteiger partial charge < -0.3 is 10.1 Å². The molecule has 100 valence electrons. The third kappa shape index (κ3) is 3.65. The Kier molecular flexibility index (Phi) is 4.10. The first-order valence-electron chi connectivity index (χ1n) is 7.09. The van der Waals surface area contributed by atoms with Gasteiger partial charge in [0.25, 0.3) is 5.19 Å². The first kappa shape index (κ1) is 12.4. The molecule has 2 aliphatic carbocycles. The normalized spacial score (nSPS) is 21.1. The maximum absolute atomic E-state index is 5.77. The van der Waals surface area contributed by atoms with Crippen LogP contribution < -0.4 is 10.1 Å². The summed E-state index contributed by atoms with van der Waals surface area (Å²) in [4.78, 5) is 0. The monoisotopic (exact) mass is 267 g/mol. The van der Waals surface area contributed by atoms with Gasteiger partial charge in [-0.1, -0.05) is 30.6 Å². The second-order valence-electron chi connectivity index (χ2n) is 5.43. The van der Waals surface area contributed by atoms with Gasteiger partial charge in [-0.05, 0) is 31.6 Å². The minimum atomic E-state index is 0.723. The van der Waals surface area contributed by atoms with Crippen LogP contribution in [0.4, 0.5) is 0 Å². The van der Waals surface area contributed by atoms with Crippen molar-refractivity contribution in [2.45, 2.75) is 57.5 Å². The van der Waals surface area contributed by atoms with Gasteiger partial charge in [0.05, 0.1) is 13.2 Å². The second-order valence-corrected chi connectivity index (χ2v) is 6.46. The fourth-order valence-corrected chi connectivity index (χ4v) is 3.08. The van der Waals surface area contributed by atoms with E-state index in [0.29, 0.717) is 0 Å². The van der Waals surface area contributed by atoms with E-state index in [9.17, 15) is 0 Å². The van der Waals surface area contributed by atoms with E-state index in [4.69, 9.17) is 4.74 Å². The topological polar surface area (TPSA) is 47.0 Å². The highest BCUT2D eigenvalue weighted by molar-refractivity contribution is 7.13. The largest absolute Gasteiger partial charge is 0.469 e. The Hall–Kier alpha value is -0.680. The lowest BCUT2D eigenvalue weighted by molar-refractivity contribution is 0.207. The van der Waals surface area contributed by atoms with Crippen LogP contribution in [0.5, 0.6) is 5.19 Å². The molecule has 3 rings (SSSR count). The van der Waals surface area contributed by atoms with Crippen molar-refractivity contribution in [3.05, 3.63) is 5.01 Å². The molecule has 4 nitrogen and oxygen atoms in total. The van der Waals surface area contributed by atoms with E-state index >= 15 is 0 Å². The van der Waals surface area contributed by atoms with Crippen molar-refractivity contribution in [3.63, 3.8) is 0 Å². The van der Waals surface area contributed by atoms with E-state index in [1.165, 1.54) is 44.9 Å². The molecule has 18 heavy (non-hydrogen) atoms. The number of ether oxygens (including phenoxy) is 1. The molecule has 0 radical (unpaired) electrons. The van der Waals surface area contributed by atoms with Crippen molar-refractivity contribution in [2.24, 2.45) is 5.92 Å². The molecule has 2 fully saturated rings. The lowest BCUT2D eigenvalue weighted by Gasteiger charge is -2.20. The van der Waals surface area contributed by atoms with Crippen LogP contribution in [0, 0.1) is 5.92 Å². The van der Waals surface area contributed by atoms with E-state index in [0.717, 1.165) is 35.3 Å². The van der Waals surface area contributed by atoms with Crippen molar-refractivity contribution in [2.75, 3.05) is 6.61 Å². The minimum absolute atomic E-state index is 0.723. The summed E-state index contributed by atoms with van der Waals surface area (Å²) >= 11 is 1.58. The van der Waals surface area contributed by atoms with Crippen LogP contribution in [0.3, 0.4) is 0 Å². The van der Waals surface area contributed by atoms with Crippen LogP contribution in [0.1, 0.15) is 50.0 Å². The quantitative estimate of drug-likeness (QED) is 0.861. The second kappa shape index (κ2) is 5.97. The van der Waals surface area contributed by atoms with Crippen LogP contribution >= 0.6 is 11.3 Å². The molecule has 1 aromatic rings. The average Bonchev–Trinajstić information content (AvgIpc) is 3.14. The fraction of sp³-hybridized carbons (Fsp3) is 0.846. The molecule has 0 amide bonds. The van der Waals surface area contributed by atoms with Crippen LogP contribution in [0.2, 0.25) is 0 Å². The van der Waals surface area contributed by atoms with E-state index in [1.54, 1.807) is 11.3 Å². The zero-order valence-electron chi connectivity index (χ0n) is 10.7. The average molecular weight is 267 g/mol. The van der Waals surface area contributed by atoms with Crippen LogP contribution in [0.25, 0.3) is 0 Å². The molecular formula is C13H21N3OS. The van der Waals surface area contributed by atoms with Crippen molar-refractivity contribution < 1.29 is 4.74 Å². The maximum Gasteiger partial charge on any atom is 0.294 e. The minimum Gasteiger partial charge on any atom is -0.469 e. The molecule has 0 atom stereocenters. The molecule has 0 unspecified atom stereocenters. The fourth-order valence-electron chi connectivity index (χ4n) is 2.43. The Balaban J connectivity index is 1.41. The first-order chi connectivity index (χ1) is 8.90. The van der Waals surface area contributed by atoms with Gasteiger partial charge in [0, 0.05) is 6.04 Å². The summed E-state index contributed by atoms with van der Waals surface area (Å²) in [6.45, 7) is 1.67. The molecule has 1 aromatic heterocycles. The van der Waals surface area contributed by atoms with Gasteiger partial charge in [0.15, 0.2) is 0 Å². The molecule has 0 aromatic carbocycles. The van der Waals surface area contributed by atoms with Crippen LogP contribution in [0.15, 0.2) is 0 Å². The molecule has 2 saturated carbocycles. The van der Waals surface area contributed by atoms with Crippen molar-refractivity contribution >= 4 is 11.3 Å². The number of nitrogens with zero attached hydrogens (tertiary/aromatic N) is 2. The van der Waals surface area contributed by atoms with Gasteiger partial charge in [-0.25, -0.2) is 0 Å². The summed E-state index contributed by atoms with van der Waals surface area (Å²) in [6, 6.07) is 0.723. The zero-order chi connectivity index (χ0) is 12.2. The highest BCUT2D eigenvalue weighted by Crippen LogP contribution is 2.26. The van der Waals surface area contributed by atoms with Crippen molar-refractivity contribution in [1.29, 1.82) is 0 Å². The molecule has 0 saturated heterocycles. The number of nitrogens with one attached hydrogen (secondary N) is 1. The predicted octanol–water partition coefficient (Wildman–Crippen LogP) is 2.75. The number of hydrogen-bond acceptors (Lipinski definition) is 5. The van der Waals surface area contributed by atoms with Gasteiger partial charge in [0.2, 0.25) is 0 Å². The molecule has 2 aliphatic rings. The van der Waals surface area contributed by atoms with Crippen molar-refractivity contribution in [1.82, 2.24) is 15.5 Å². The maximum atomic E-state index is 5.77. The van der Waals surface area contributed by atoms with Crippen LogP contribution in [-0.4, -0.2) is 22.8 Å². The third-order valence-electron chi connectivity index (χ3n) is 3.73. The molecule has 5 heteroatoms. The van der Waals surface area contributed by atoms with Crippen LogP contribution in [-0.2, 0) is 6.54 Å². The molecule has 1 heterocycles. The first-order valence-corrected chi connectivity index (χ1v) is 7.90. The number of rotatable bonds is 6. The summed E-state index contributed by atoms with van der Waals surface area (Å²) in [5.41, 5.74) is 0. The van der Waals surface area contributed by atoms with Gasteiger partial charge in [-0.15, -0.1) is 10.2 Å². The highest BCUT2D eigenvalue weighted by atomic mass is 32.1. The smallest absolute Gasteiger partial charge is 0.294 e. The summed E-state index contributed by atoms with van der Waals surface area (Å²) < 4.78 is 5.77. The van der Waals surface area contributed by atoms with Gasteiger partial charge in [-0.3, -0.25) is 0 Å². The van der Waals surface area contributed by atoms with E-state index < -0.39 is 0 Å². The SMILES string of the molecule is C1CCC(COc2nnc(CNC3CC3)s2)CC1. The standard InChI is InChI=1S/C13H21N3OS/c1-2-4-10(5-3-1)9-17-13-16-15-12(18-13)8-14-11-6-7-11/h10-11,14H,1-9H2. The number of hydrogen-bond donors (Lipinski definition) is 1. The highest BCUT2D eigenvalue weighted by Gasteiger charge is 2.21. The molecule has 1 N–H and O–H groups in total. The number of aromatic nitrogens is 2. The Labute approximate surface area is 112 Å². The Morgan fingerprint density at radius 1 is 1.11 bits per heavy atom.